The zero-order valence-electron chi connectivity index (χ0n) is 12.4. The molecule has 0 fully saturated rings. The van der Waals surface area contributed by atoms with E-state index in [-0.39, 0.29) is 0 Å². The van der Waals surface area contributed by atoms with Crippen molar-refractivity contribution in [2.75, 3.05) is 0 Å². The lowest BCUT2D eigenvalue weighted by Crippen LogP contribution is -1.95. The van der Waals surface area contributed by atoms with Crippen LogP contribution in [-0.2, 0) is 5.88 Å². The van der Waals surface area contributed by atoms with Gasteiger partial charge in [-0.15, -0.1) is 11.6 Å². The SMILES string of the molecule is Cc1cc(C)c(C)c(Oc2nc3ccccn3c2CCl)c1. The second kappa shape index (κ2) is 5.41. The number of hydrogen-bond acceptors (Lipinski definition) is 2. The molecular weight excluding hydrogens is 284 g/mol. The summed E-state index contributed by atoms with van der Waals surface area (Å²) in [5.74, 6) is 1.76. The summed E-state index contributed by atoms with van der Waals surface area (Å²) in [5, 5.41) is 0. The summed E-state index contributed by atoms with van der Waals surface area (Å²) in [6.07, 6.45) is 1.95. The van der Waals surface area contributed by atoms with Crippen molar-refractivity contribution in [3.63, 3.8) is 0 Å². The summed E-state index contributed by atoms with van der Waals surface area (Å²) < 4.78 is 8.02. The minimum atomic E-state index is 0.352. The molecule has 0 aliphatic carbocycles. The highest BCUT2D eigenvalue weighted by atomic mass is 35.5. The quantitative estimate of drug-likeness (QED) is 0.650. The van der Waals surface area contributed by atoms with E-state index in [9.17, 15) is 0 Å². The molecule has 0 unspecified atom stereocenters. The molecule has 0 aliphatic rings. The molecule has 21 heavy (non-hydrogen) atoms. The Kier molecular flexibility index (Phi) is 3.60. The Hall–Kier alpha value is -2.00. The molecule has 2 aromatic heterocycles. The molecule has 0 saturated heterocycles. The third-order valence-corrected chi connectivity index (χ3v) is 3.94. The summed E-state index contributed by atoms with van der Waals surface area (Å²) in [7, 11) is 0. The molecule has 0 N–H and O–H groups in total. The van der Waals surface area contributed by atoms with Crippen LogP contribution in [0, 0.1) is 20.8 Å². The molecule has 3 rings (SSSR count). The van der Waals surface area contributed by atoms with E-state index < -0.39 is 0 Å². The lowest BCUT2D eigenvalue weighted by atomic mass is 10.1. The van der Waals surface area contributed by atoms with Gasteiger partial charge in [0.15, 0.2) is 0 Å². The Labute approximate surface area is 129 Å². The third kappa shape index (κ3) is 2.49. The first kappa shape index (κ1) is 14.0. The first-order valence-corrected chi connectivity index (χ1v) is 7.41. The van der Waals surface area contributed by atoms with E-state index in [1.165, 1.54) is 11.1 Å². The lowest BCUT2D eigenvalue weighted by Gasteiger charge is -2.11. The smallest absolute Gasteiger partial charge is 0.242 e. The molecule has 1 aromatic carbocycles. The molecule has 0 bridgehead atoms. The number of aryl methyl sites for hydroxylation is 2. The van der Waals surface area contributed by atoms with Crippen molar-refractivity contribution in [2.24, 2.45) is 0 Å². The summed E-state index contributed by atoms with van der Waals surface area (Å²) in [6.45, 7) is 6.20. The maximum absolute atomic E-state index is 6.08. The van der Waals surface area contributed by atoms with Gasteiger partial charge in [-0.1, -0.05) is 12.1 Å². The van der Waals surface area contributed by atoms with Gasteiger partial charge in [-0.25, -0.2) is 0 Å². The first-order valence-electron chi connectivity index (χ1n) is 6.88. The van der Waals surface area contributed by atoms with Crippen molar-refractivity contribution in [1.82, 2.24) is 9.38 Å². The van der Waals surface area contributed by atoms with Gasteiger partial charge < -0.3 is 4.74 Å². The van der Waals surface area contributed by atoms with Gasteiger partial charge in [0.25, 0.3) is 0 Å². The Morgan fingerprint density at radius 2 is 2.00 bits per heavy atom. The molecule has 108 valence electrons. The number of aromatic nitrogens is 2. The summed E-state index contributed by atoms with van der Waals surface area (Å²) in [4.78, 5) is 4.54. The molecule has 0 saturated carbocycles. The molecule has 3 aromatic rings. The fourth-order valence-electron chi connectivity index (χ4n) is 2.44. The molecule has 0 spiro atoms. The van der Waals surface area contributed by atoms with Crippen molar-refractivity contribution in [1.29, 1.82) is 0 Å². The predicted octanol–water partition coefficient (Wildman–Crippen LogP) is 4.79. The van der Waals surface area contributed by atoms with Crippen molar-refractivity contribution in [3.8, 4) is 11.6 Å². The van der Waals surface area contributed by atoms with Crippen molar-refractivity contribution < 1.29 is 4.74 Å². The number of imidazole rings is 1. The predicted molar refractivity (Wildman–Crippen MR) is 85.5 cm³/mol. The highest BCUT2D eigenvalue weighted by Gasteiger charge is 2.14. The van der Waals surface area contributed by atoms with Crippen LogP contribution in [0.25, 0.3) is 5.65 Å². The number of rotatable bonds is 3. The maximum atomic E-state index is 6.08. The average Bonchev–Trinajstić information content (AvgIpc) is 2.81. The topological polar surface area (TPSA) is 26.5 Å². The largest absolute Gasteiger partial charge is 0.437 e. The third-order valence-electron chi connectivity index (χ3n) is 3.69. The van der Waals surface area contributed by atoms with Gasteiger partial charge in [0.2, 0.25) is 5.88 Å². The summed E-state index contributed by atoms with van der Waals surface area (Å²) in [6, 6.07) is 10.0. The minimum Gasteiger partial charge on any atom is -0.437 e. The monoisotopic (exact) mass is 300 g/mol. The van der Waals surface area contributed by atoms with Crippen LogP contribution in [0.1, 0.15) is 22.4 Å². The number of fused-ring (bicyclic) bond motifs is 1. The highest BCUT2D eigenvalue weighted by Crippen LogP contribution is 2.31. The van der Waals surface area contributed by atoms with Crippen LogP contribution in [0.2, 0.25) is 0 Å². The number of pyridine rings is 1. The van der Waals surface area contributed by atoms with Crippen LogP contribution in [0.3, 0.4) is 0 Å². The van der Waals surface area contributed by atoms with E-state index in [0.717, 1.165) is 22.7 Å². The van der Waals surface area contributed by atoms with Gasteiger partial charge >= 0.3 is 0 Å². The van der Waals surface area contributed by atoms with Gasteiger partial charge in [0, 0.05) is 6.20 Å². The van der Waals surface area contributed by atoms with E-state index in [2.05, 4.69) is 31.8 Å². The van der Waals surface area contributed by atoms with Gasteiger partial charge in [-0.05, 0) is 55.7 Å². The lowest BCUT2D eigenvalue weighted by molar-refractivity contribution is 0.457. The number of benzene rings is 1. The number of ether oxygens (including phenoxy) is 1. The fraction of sp³-hybridized carbons (Fsp3) is 0.235. The normalized spacial score (nSPS) is 11.0. The average molecular weight is 301 g/mol. The Balaban J connectivity index is 2.10. The van der Waals surface area contributed by atoms with Crippen molar-refractivity contribution in [2.45, 2.75) is 26.7 Å². The number of hydrogen-bond donors (Lipinski definition) is 0. The maximum Gasteiger partial charge on any atom is 0.242 e. The summed E-state index contributed by atoms with van der Waals surface area (Å²) >= 11 is 6.08. The standard InChI is InChI=1S/C17H17ClN2O/c1-11-8-12(2)13(3)15(9-11)21-17-14(10-18)20-7-5-4-6-16(20)19-17/h4-9H,10H2,1-3H3. The number of alkyl halides is 1. The zero-order valence-corrected chi connectivity index (χ0v) is 13.1. The Bertz CT molecular complexity index is 808. The van der Waals surface area contributed by atoms with Gasteiger partial charge in [-0.2, -0.15) is 4.98 Å². The van der Waals surface area contributed by atoms with Crippen LogP contribution in [0.4, 0.5) is 0 Å². The minimum absolute atomic E-state index is 0.352. The molecular formula is C17H17ClN2O. The Morgan fingerprint density at radius 1 is 1.19 bits per heavy atom. The van der Waals surface area contributed by atoms with E-state index in [0.29, 0.717) is 11.8 Å². The molecule has 2 heterocycles. The van der Waals surface area contributed by atoms with Crippen molar-refractivity contribution in [3.05, 3.63) is 58.9 Å². The van der Waals surface area contributed by atoms with Crippen LogP contribution in [0.15, 0.2) is 36.5 Å². The molecule has 0 amide bonds. The Morgan fingerprint density at radius 3 is 2.76 bits per heavy atom. The van der Waals surface area contributed by atoms with Crippen LogP contribution in [-0.4, -0.2) is 9.38 Å². The van der Waals surface area contributed by atoms with Crippen LogP contribution in [0.5, 0.6) is 11.6 Å². The second-order valence-corrected chi connectivity index (χ2v) is 5.50. The molecule has 0 radical (unpaired) electrons. The number of nitrogens with zero attached hydrogens (tertiary/aromatic N) is 2. The second-order valence-electron chi connectivity index (χ2n) is 5.23. The molecule has 0 aliphatic heterocycles. The van der Waals surface area contributed by atoms with E-state index in [1.807, 2.05) is 34.9 Å². The zero-order chi connectivity index (χ0) is 15.0. The molecule has 3 nitrogen and oxygen atoms in total. The van der Waals surface area contributed by atoms with E-state index >= 15 is 0 Å². The van der Waals surface area contributed by atoms with Crippen LogP contribution >= 0.6 is 11.6 Å². The van der Waals surface area contributed by atoms with Gasteiger partial charge in [-0.3, -0.25) is 4.40 Å². The highest BCUT2D eigenvalue weighted by molar-refractivity contribution is 6.17. The first-order chi connectivity index (χ1) is 10.1. The fourth-order valence-corrected chi connectivity index (χ4v) is 2.68. The van der Waals surface area contributed by atoms with Gasteiger partial charge in [0.1, 0.15) is 17.1 Å². The number of halogens is 1. The van der Waals surface area contributed by atoms with E-state index in [1.54, 1.807) is 0 Å². The van der Waals surface area contributed by atoms with Gasteiger partial charge in [0.05, 0.1) is 5.88 Å². The summed E-state index contributed by atoms with van der Waals surface area (Å²) in [5.41, 5.74) is 5.21. The molecule has 0 atom stereocenters. The van der Waals surface area contributed by atoms with Crippen molar-refractivity contribution >= 4 is 17.2 Å². The van der Waals surface area contributed by atoms with E-state index in [4.69, 9.17) is 16.3 Å². The van der Waals surface area contributed by atoms with Crippen LogP contribution < -0.4 is 4.74 Å². The molecule has 4 heteroatoms.